The van der Waals surface area contributed by atoms with Crippen LogP contribution < -0.4 is 4.90 Å². The van der Waals surface area contributed by atoms with E-state index in [0.29, 0.717) is 11.5 Å². The van der Waals surface area contributed by atoms with Gasteiger partial charge in [-0.2, -0.15) is 0 Å². The van der Waals surface area contributed by atoms with Crippen LogP contribution in [0.25, 0.3) is 0 Å². The molecule has 0 saturated heterocycles. The van der Waals surface area contributed by atoms with Gasteiger partial charge in [0.15, 0.2) is 0 Å². The largest absolute Gasteiger partial charge is 0.465 e. The average molecular weight is 339 g/mol. The number of ether oxygens (including phenoxy) is 1. The van der Waals surface area contributed by atoms with Crippen LogP contribution in [0.3, 0.4) is 0 Å². The van der Waals surface area contributed by atoms with Crippen LogP contribution in [0.15, 0.2) is 18.2 Å². The van der Waals surface area contributed by atoms with Gasteiger partial charge >= 0.3 is 5.97 Å². The van der Waals surface area contributed by atoms with E-state index in [1.165, 1.54) is 26.4 Å². The van der Waals surface area contributed by atoms with Crippen LogP contribution >= 0.6 is 0 Å². The minimum absolute atomic E-state index is 0.0998. The van der Waals surface area contributed by atoms with Crippen LogP contribution in [0.5, 0.6) is 0 Å². The summed E-state index contributed by atoms with van der Waals surface area (Å²) in [7, 11) is 1.40. The molecule has 4 nitrogen and oxygen atoms in total. The Morgan fingerprint density at radius 2 is 1.72 bits per heavy atom. The molecule has 1 aromatic carbocycles. The summed E-state index contributed by atoms with van der Waals surface area (Å²) in [6, 6.07) is 5.62. The van der Waals surface area contributed by atoms with E-state index in [1.807, 2.05) is 17.0 Å². The number of fused-ring (bicyclic) bond motifs is 1. The number of amides is 1. The highest BCUT2D eigenvalue weighted by atomic mass is 16.5. The van der Waals surface area contributed by atoms with Crippen molar-refractivity contribution in [3.05, 3.63) is 29.3 Å². The third-order valence-electron chi connectivity index (χ3n) is 7.13. The number of carbonyl (C=O) groups is 2. The van der Waals surface area contributed by atoms with Gasteiger partial charge in [0.1, 0.15) is 0 Å². The van der Waals surface area contributed by atoms with E-state index in [0.717, 1.165) is 61.2 Å². The van der Waals surface area contributed by atoms with Gasteiger partial charge in [-0.05, 0) is 86.5 Å². The van der Waals surface area contributed by atoms with Gasteiger partial charge in [-0.15, -0.1) is 0 Å². The molecule has 1 heterocycles. The monoisotopic (exact) mass is 339 g/mol. The molecule has 0 unspecified atom stereocenters. The third kappa shape index (κ3) is 2.26. The first-order valence-corrected chi connectivity index (χ1v) is 9.61. The Morgan fingerprint density at radius 3 is 2.32 bits per heavy atom. The topological polar surface area (TPSA) is 46.6 Å². The number of benzene rings is 1. The number of carbonyl (C=O) groups excluding carboxylic acids is 2. The lowest BCUT2D eigenvalue weighted by Crippen LogP contribution is -2.54. The SMILES string of the molecule is COC(=O)c1ccc2c(c1)CCN2C(=O)C12CC3CC(CC(C3)C1)C2. The van der Waals surface area contributed by atoms with Gasteiger partial charge in [-0.3, -0.25) is 4.79 Å². The molecule has 1 amide bonds. The summed E-state index contributed by atoms with van der Waals surface area (Å²) >= 11 is 0. The zero-order chi connectivity index (χ0) is 17.2. The van der Waals surface area contributed by atoms with Gasteiger partial charge in [0.25, 0.3) is 0 Å². The van der Waals surface area contributed by atoms with Crippen LogP contribution in [-0.4, -0.2) is 25.5 Å². The fraction of sp³-hybridized carbons (Fsp3) is 0.619. The molecule has 1 aliphatic heterocycles. The molecule has 0 aromatic heterocycles. The van der Waals surface area contributed by atoms with E-state index < -0.39 is 0 Å². The van der Waals surface area contributed by atoms with Crippen molar-refractivity contribution in [1.29, 1.82) is 0 Å². The Morgan fingerprint density at radius 1 is 1.08 bits per heavy atom. The lowest BCUT2D eigenvalue weighted by atomic mass is 9.49. The highest BCUT2D eigenvalue weighted by molar-refractivity contribution is 6.00. The quantitative estimate of drug-likeness (QED) is 0.774. The zero-order valence-corrected chi connectivity index (χ0v) is 14.8. The first kappa shape index (κ1) is 15.4. The molecule has 132 valence electrons. The van der Waals surface area contributed by atoms with E-state index in [1.54, 1.807) is 6.07 Å². The van der Waals surface area contributed by atoms with Crippen molar-refractivity contribution in [2.45, 2.75) is 44.9 Å². The van der Waals surface area contributed by atoms with E-state index in [-0.39, 0.29) is 11.4 Å². The second kappa shape index (κ2) is 5.33. The molecule has 0 spiro atoms. The molecule has 4 heteroatoms. The second-order valence-corrected chi connectivity index (χ2v) is 8.74. The Hall–Kier alpha value is -1.84. The number of rotatable bonds is 2. The fourth-order valence-electron chi connectivity index (χ4n) is 6.52. The van der Waals surface area contributed by atoms with Crippen molar-refractivity contribution >= 4 is 17.6 Å². The Kier molecular flexibility index (Phi) is 3.28. The Bertz CT molecular complexity index is 718. The van der Waals surface area contributed by atoms with Crippen LogP contribution in [0.2, 0.25) is 0 Å². The maximum absolute atomic E-state index is 13.6. The summed E-state index contributed by atoms with van der Waals surface area (Å²) < 4.78 is 4.82. The highest BCUT2D eigenvalue weighted by Crippen LogP contribution is 2.61. The Labute approximate surface area is 148 Å². The molecular weight excluding hydrogens is 314 g/mol. The van der Waals surface area contributed by atoms with Crippen molar-refractivity contribution in [1.82, 2.24) is 0 Å². The normalized spacial score (nSPS) is 34.9. The minimum atomic E-state index is -0.311. The van der Waals surface area contributed by atoms with Gasteiger partial charge in [0, 0.05) is 12.2 Å². The number of esters is 1. The molecule has 0 radical (unpaired) electrons. The highest BCUT2D eigenvalue weighted by Gasteiger charge is 2.56. The molecule has 4 saturated carbocycles. The summed E-state index contributed by atoms with van der Waals surface area (Å²) in [6.45, 7) is 0.751. The average Bonchev–Trinajstić information content (AvgIpc) is 3.02. The number of anilines is 1. The summed E-state index contributed by atoms with van der Waals surface area (Å²) in [6.07, 6.45) is 8.19. The number of hydrogen-bond donors (Lipinski definition) is 0. The predicted molar refractivity (Wildman–Crippen MR) is 94.4 cm³/mol. The summed E-state index contributed by atoms with van der Waals surface area (Å²) in [5, 5.41) is 0. The molecule has 1 aromatic rings. The molecule has 0 N–H and O–H groups in total. The molecule has 0 atom stereocenters. The molecule has 4 aliphatic carbocycles. The third-order valence-corrected chi connectivity index (χ3v) is 7.13. The van der Waals surface area contributed by atoms with Crippen LogP contribution in [-0.2, 0) is 16.0 Å². The Balaban J connectivity index is 1.44. The first-order chi connectivity index (χ1) is 12.1. The molecule has 4 bridgehead atoms. The number of nitrogens with zero attached hydrogens (tertiary/aromatic N) is 1. The fourth-order valence-corrected chi connectivity index (χ4v) is 6.52. The van der Waals surface area contributed by atoms with Crippen LogP contribution in [0.4, 0.5) is 5.69 Å². The van der Waals surface area contributed by atoms with Crippen molar-refractivity contribution < 1.29 is 14.3 Å². The zero-order valence-electron chi connectivity index (χ0n) is 14.8. The smallest absolute Gasteiger partial charge is 0.337 e. The van der Waals surface area contributed by atoms with Gasteiger partial charge in [0.05, 0.1) is 18.1 Å². The molecule has 4 fully saturated rings. The van der Waals surface area contributed by atoms with E-state index in [2.05, 4.69) is 0 Å². The maximum atomic E-state index is 13.6. The van der Waals surface area contributed by atoms with E-state index in [4.69, 9.17) is 4.74 Å². The lowest BCUT2D eigenvalue weighted by molar-refractivity contribution is -0.143. The summed E-state index contributed by atoms with van der Waals surface area (Å²) in [4.78, 5) is 27.3. The first-order valence-electron chi connectivity index (χ1n) is 9.61. The number of methoxy groups -OCH3 is 1. The maximum Gasteiger partial charge on any atom is 0.337 e. The van der Waals surface area contributed by atoms with Gasteiger partial charge in [0.2, 0.25) is 5.91 Å². The summed E-state index contributed by atoms with van der Waals surface area (Å²) in [5.74, 6) is 2.38. The molecule has 6 rings (SSSR count). The molecule has 25 heavy (non-hydrogen) atoms. The minimum Gasteiger partial charge on any atom is -0.465 e. The molecule has 5 aliphatic rings. The van der Waals surface area contributed by atoms with Crippen molar-refractivity contribution in [3.63, 3.8) is 0 Å². The van der Waals surface area contributed by atoms with Crippen molar-refractivity contribution in [2.75, 3.05) is 18.6 Å². The second-order valence-electron chi connectivity index (χ2n) is 8.74. The summed E-state index contributed by atoms with van der Waals surface area (Å²) in [5.41, 5.74) is 2.58. The standard InChI is InChI=1S/C21H25NO3/c1-25-19(23)17-2-3-18-16(9-17)4-5-22(18)20(24)21-10-13-6-14(11-21)8-15(7-13)12-21/h2-3,9,13-15H,4-8,10-12H2,1H3. The lowest BCUT2D eigenvalue weighted by Gasteiger charge is -2.56. The van der Waals surface area contributed by atoms with Gasteiger partial charge < -0.3 is 9.64 Å². The van der Waals surface area contributed by atoms with E-state index >= 15 is 0 Å². The van der Waals surface area contributed by atoms with Crippen molar-refractivity contribution in [2.24, 2.45) is 23.2 Å². The predicted octanol–water partition coefficient (Wildman–Crippen LogP) is 3.58. The van der Waals surface area contributed by atoms with Gasteiger partial charge in [-0.1, -0.05) is 0 Å². The van der Waals surface area contributed by atoms with Crippen LogP contribution in [0.1, 0.15) is 54.4 Å². The van der Waals surface area contributed by atoms with Crippen molar-refractivity contribution in [3.8, 4) is 0 Å². The molecular formula is C21H25NO3. The van der Waals surface area contributed by atoms with E-state index in [9.17, 15) is 9.59 Å². The van der Waals surface area contributed by atoms with Crippen LogP contribution in [0, 0.1) is 23.2 Å². The van der Waals surface area contributed by atoms with Gasteiger partial charge in [-0.25, -0.2) is 4.79 Å². The number of hydrogen-bond acceptors (Lipinski definition) is 3.